The van der Waals surface area contributed by atoms with E-state index >= 15 is 0 Å². The number of nitrogen functional groups attached to an aromatic ring is 1. The molecule has 0 spiro atoms. The predicted molar refractivity (Wildman–Crippen MR) is 81.9 cm³/mol. The van der Waals surface area contributed by atoms with Crippen LogP contribution >= 0.6 is 11.3 Å². The van der Waals surface area contributed by atoms with Crippen LogP contribution in [-0.4, -0.2) is 21.1 Å². The fourth-order valence-corrected chi connectivity index (χ4v) is 2.29. The van der Waals surface area contributed by atoms with Crippen LogP contribution in [0.2, 0.25) is 0 Å². The van der Waals surface area contributed by atoms with Crippen molar-refractivity contribution in [1.82, 2.24) is 15.2 Å². The van der Waals surface area contributed by atoms with Crippen molar-refractivity contribution >= 4 is 28.7 Å². The number of aromatic nitrogens is 3. The molecule has 0 fully saturated rings. The second kappa shape index (κ2) is 5.68. The molecule has 6 nitrogen and oxygen atoms in total. The van der Waals surface area contributed by atoms with Gasteiger partial charge in [-0.05, 0) is 24.3 Å². The summed E-state index contributed by atoms with van der Waals surface area (Å²) in [5, 5.41) is 12.4. The van der Waals surface area contributed by atoms with E-state index < -0.39 is 0 Å². The number of carbonyl (C=O) groups is 1. The maximum absolute atomic E-state index is 11.8. The van der Waals surface area contributed by atoms with Crippen molar-refractivity contribution in [2.75, 3.05) is 11.1 Å². The largest absolute Gasteiger partial charge is 0.399 e. The Morgan fingerprint density at radius 1 is 1.19 bits per heavy atom. The van der Waals surface area contributed by atoms with Gasteiger partial charge < -0.3 is 11.1 Å². The quantitative estimate of drug-likeness (QED) is 0.724. The monoisotopic (exact) mass is 297 g/mol. The summed E-state index contributed by atoms with van der Waals surface area (Å²) in [5.74, 6) is 0.0721. The summed E-state index contributed by atoms with van der Waals surface area (Å²) >= 11 is 1.36. The highest BCUT2D eigenvalue weighted by atomic mass is 32.1. The second-order valence-corrected chi connectivity index (χ2v) is 4.98. The molecule has 1 aromatic carbocycles. The summed E-state index contributed by atoms with van der Waals surface area (Å²) < 4.78 is 0. The van der Waals surface area contributed by atoms with E-state index in [1.54, 1.807) is 29.1 Å². The van der Waals surface area contributed by atoms with E-state index in [0.29, 0.717) is 22.9 Å². The second-order valence-electron chi connectivity index (χ2n) is 4.26. The number of benzene rings is 1. The highest BCUT2D eigenvalue weighted by molar-refractivity contribution is 7.07. The van der Waals surface area contributed by atoms with Gasteiger partial charge in [0.1, 0.15) is 5.69 Å². The molecule has 0 unspecified atom stereocenters. The van der Waals surface area contributed by atoms with Gasteiger partial charge >= 0.3 is 0 Å². The molecule has 0 saturated carbocycles. The van der Waals surface area contributed by atoms with E-state index in [0.717, 1.165) is 5.56 Å². The SMILES string of the molecule is Nc1cccc(-c2ccc(NC(=O)c3cscn3)nn2)c1. The summed E-state index contributed by atoms with van der Waals surface area (Å²) in [6.45, 7) is 0. The van der Waals surface area contributed by atoms with Crippen LogP contribution in [0.5, 0.6) is 0 Å². The molecule has 0 atom stereocenters. The van der Waals surface area contributed by atoms with Crippen LogP contribution in [0.15, 0.2) is 47.3 Å². The molecule has 2 aromatic heterocycles. The van der Waals surface area contributed by atoms with Gasteiger partial charge in [0.15, 0.2) is 5.82 Å². The minimum absolute atomic E-state index is 0.303. The van der Waals surface area contributed by atoms with Crippen molar-refractivity contribution in [3.05, 3.63) is 53.0 Å². The molecule has 7 heteroatoms. The van der Waals surface area contributed by atoms with Crippen molar-refractivity contribution in [1.29, 1.82) is 0 Å². The molecule has 0 aliphatic rings. The zero-order valence-corrected chi connectivity index (χ0v) is 11.7. The lowest BCUT2D eigenvalue weighted by Crippen LogP contribution is -2.13. The molecule has 0 aliphatic carbocycles. The average Bonchev–Trinajstić information content (AvgIpc) is 3.02. The number of thiazole rings is 1. The lowest BCUT2D eigenvalue weighted by atomic mass is 10.1. The fraction of sp³-hybridized carbons (Fsp3) is 0. The van der Waals surface area contributed by atoms with Gasteiger partial charge in [0.25, 0.3) is 5.91 Å². The van der Waals surface area contributed by atoms with E-state index in [9.17, 15) is 4.79 Å². The molecule has 3 rings (SSSR count). The highest BCUT2D eigenvalue weighted by Crippen LogP contribution is 2.19. The van der Waals surface area contributed by atoms with Crippen LogP contribution < -0.4 is 11.1 Å². The number of nitrogens with one attached hydrogen (secondary N) is 1. The number of carbonyl (C=O) groups excluding carboxylic acids is 1. The van der Waals surface area contributed by atoms with Gasteiger partial charge in [-0.15, -0.1) is 21.5 Å². The third-order valence-electron chi connectivity index (χ3n) is 2.75. The Bertz CT molecular complexity index is 755. The minimum Gasteiger partial charge on any atom is -0.399 e. The summed E-state index contributed by atoms with van der Waals surface area (Å²) in [6.07, 6.45) is 0. The van der Waals surface area contributed by atoms with Crippen molar-refractivity contribution in [2.24, 2.45) is 0 Å². The molecule has 104 valence electrons. The fourth-order valence-electron chi connectivity index (χ4n) is 1.76. The first-order chi connectivity index (χ1) is 10.2. The molecule has 0 aliphatic heterocycles. The summed E-state index contributed by atoms with van der Waals surface area (Å²) in [7, 11) is 0. The molecule has 0 radical (unpaired) electrons. The molecule has 3 aromatic rings. The van der Waals surface area contributed by atoms with Crippen LogP contribution in [0.25, 0.3) is 11.3 Å². The van der Waals surface area contributed by atoms with Crippen LogP contribution in [0.4, 0.5) is 11.5 Å². The van der Waals surface area contributed by atoms with Gasteiger partial charge in [-0.2, -0.15) is 0 Å². The summed E-state index contributed by atoms with van der Waals surface area (Å²) in [6, 6.07) is 10.8. The third-order valence-corrected chi connectivity index (χ3v) is 3.34. The smallest absolute Gasteiger partial charge is 0.276 e. The highest BCUT2D eigenvalue weighted by Gasteiger charge is 2.09. The zero-order chi connectivity index (χ0) is 14.7. The lowest BCUT2D eigenvalue weighted by molar-refractivity contribution is 0.102. The number of hydrogen-bond donors (Lipinski definition) is 2. The summed E-state index contributed by atoms with van der Waals surface area (Å²) in [4.78, 5) is 15.8. The van der Waals surface area contributed by atoms with Crippen molar-refractivity contribution in [3.63, 3.8) is 0 Å². The van der Waals surface area contributed by atoms with Gasteiger partial charge in [0, 0.05) is 16.6 Å². The average molecular weight is 297 g/mol. The molecule has 0 bridgehead atoms. The zero-order valence-electron chi connectivity index (χ0n) is 10.9. The maximum atomic E-state index is 11.8. The van der Waals surface area contributed by atoms with Crippen LogP contribution in [0, 0.1) is 0 Å². The standard InChI is InChI=1S/C14H11N5OS/c15-10-3-1-2-9(6-10)11-4-5-13(19-18-11)17-14(20)12-7-21-8-16-12/h1-8H,15H2,(H,17,19,20). The van der Waals surface area contributed by atoms with E-state index in [-0.39, 0.29) is 5.91 Å². The van der Waals surface area contributed by atoms with Crippen LogP contribution in [0.1, 0.15) is 10.5 Å². The Morgan fingerprint density at radius 2 is 2.10 bits per heavy atom. The van der Waals surface area contributed by atoms with E-state index in [1.165, 1.54) is 11.3 Å². The van der Waals surface area contributed by atoms with Gasteiger partial charge in [0.05, 0.1) is 11.2 Å². The number of nitrogens with two attached hydrogens (primary N) is 1. The first-order valence-corrected chi connectivity index (χ1v) is 7.06. The Kier molecular flexibility index (Phi) is 3.57. The molecule has 3 N–H and O–H groups in total. The Balaban J connectivity index is 1.77. The normalized spacial score (nSPS) is 10.3. The number of hydrogen-bond acceptors (Lipinski definition) is 6. The number of amides is 1. The Labute approximate surface area is 124 Å². The lowest BCUT2D eigenvalue weighted by Gasteiger charge is -2.04. The van der Waals surface area contributed by atoms with Crippen molar-refractivity contribution in [2.45, 2.75) is 0 Å². The van der Waals surface area contributed by atoms with Crippen molar-refractivity contribution in [3.8, 4) is 11.3 Å². The molecular formula is C14H11N5OS. The van der Waals surface area contributed by atoms with Gasteiger partial charge in [-0.3, -0.25) is 4.79 Å². The summed E-state index contributed by atoms with van der Waals surface area (Å²) in [5.41, 5.74) is 9.92. The third kappa shape index (κ3) is 3.03. The molecule has 21 heavy (non-hydrogen) atoms. The van der Waals surface area contributed by atoms with E-state index in [2.05, 4.69) is 20.5 Å². The van der Waals surface area contributed by atoms with Crippen LogP contribution in [0.3, 0.4) is 0 Å². The van der Waals surface area contributed by atoms with Gasteiger partial charge in [-0.1, -0.05) is 12.1 Å². The first kappa shape index (κ1) is 13.2. The topological polar surface area (TPSA) is 93.8 Å². The first-order valence-electron chi connectivity index (χ1n) is 6.11. The Hall–Kier alpha value is -2.80. The minimum atomic E-state index is -0.303. The predicted octanol–water partition coefficient (Wildman–Crippen LogP) is 2.43. The van der Waals surface area contributed by atoms with Gasteiger partial charge in [-0.25, -0.2) is 4.98 Å². The molecular weight excluding hydrogens is 286 g/mol. The molecule has 2 heterocycles. The number of anilines is 2. The maximum Gasteiger partial charge on any atom is 0.276 e. The Morgan fingerprint density at radius 3 is 2.76 bits per heavy atom. The molecule has 0 saturated heterocycles. The number of nitrogens with zero attached hydrogens (tertiary/aromatic N) is 3. The van der Waals surface area contributed by atoms with Crippen LogP contribution in [-0.2, 0) is 0 Å². The van der Waals surface area contributed by atoms with Crippen molar-refractivity contribution < 1.29 is 4.79 Å². The number of rotatable bonds is 3. The van der Waals surface area contributed by atoms with Gasteiger partial charge in [0.2, 0.25) is 0 Å². The molecule has 1 amide bonds. The van der Waals surface area contributed by atoms with E-state index in [4.69, 9.17) is 5.73 Å². The van der Waals surface area contributed by atoms with E-state index in [1.807, 2.05) is 18.2 Å².